The fourth-order valence-corrected chi connectivity index (χ4v) is 1.82. The Morgan fingerprint density at radius 1 is 1.12 bits per heavy atom. The zero-order valence-corrected chi connectivity index (χ0v) is 13.2. The molecule has 1 aromatic carbocycles. The van der Waals surface area contributed by atoms with E-state index >= 15 is 0 Å². The van der Waals surface area contributed by atoms with Gasteiger partial charge in [-0.25, -0.2) is 9.78 Å². The molecule has 0 radical (unpaired) electrons. The first-order valence-electron chi connectivity index (χ1n) is 7.19. The van der Waals surface area contributed by atoms with Gasteiger partial charge in [0.25, 0.3) is 5.91 Å². The van der Waals surface area contributed by atoms with Crippen molar-refractivity contribution in [2.45, 2.75) is 0 Å². The number of nitrogens with zero attached hydrogens (tertiary/aromatic N) is 1. The summed E-state index contributed by atoms with van der Waals surface area (Å²) in [6, 6.07) is 9.68. The van der Waals surface area contributed by atoms with Gasteiger partial charge in [0.2, 0.25) is 5.88 Å². The molecule has 7 nitrogen and oxygen atoms in total. The van der Waals surface area contributed by atoms with Gasteiger partial charge in [0.15, 0.2) is 0 Å². The van der Waals surface area contributed by atoms with Crippen LogP contribution in [0, 0.1) is 0 Å². The summed E-state index contributed by atoms with van der Waals surface area (Å²) < 4.78 is 4.95. The van der Waals surface area contributed by atoms with E-state index in [-0.39, 0.29) is 11.9 Å². The smallest absolute Gasteiger partial charge is 0.319 e. The summed E-state index contributed by atoms with van der Waals surface area (Å²) >= 11 is 0. The third-order valence-corrected chi connectivity index (χ3v) is 3.02. The molecule has 124 valence electrons. The van der Waals surface area contributed by atoms with E-state index in [9.17, 15) is 9.59 Å². The van der Waals surface area contributed by atoms with Crippen molar-refractivity contribution in [2.24, 2.45) is 0 Å². The zero-order valence-electron chi connectivity index (χ0n) is 13.2. The van der Waals surface area contributed by atoms with Crippen LogP contribution in [0.5, 0.6) is 5.88 Å². The minimum absolute atomic E-state index is 0.283. The largest absolute Gasteiger partial charge is 0.481 e. The van der Waals surface area contributed by atoms with Gasteiger partial charge in [-0.1, -0.05) is 6.08 Å². The number of methoxy groups -OCH3 is 1. The molecule has 0 aliphatic carbocycles. The fourth-order valence-electron chi connectivity index (χ4n) is 1.82. The number of urea groups is 1. The number of rotatable bonds is 6. The first-order chi connectivity index (χ1) is 11.6. The van der Waals surface area contributed by atoms with Crippen LogP contribution in [0.3, 0.4) is 0 Å². The van der Waals surface area contributed by atoms with Crippen molar-refractivity contribution < 1.29 is 14.3 Å². The standard InChI is InChI=1S/C17H18N4O3/c1-3-10-18-17(23)21-14-7-5-13(6-8-14)20-16(22)12-4-9-15(24-2)19-11-12/h3-9,11H,1,10H2,2H3,(H,20,22)(H2,18,21,23). The Morgan fingerprint density at radius 3 is 2.33 bits per heavy atom. The molecule has 24 heavy (non-hydrogen) atoms. The Hall–Kier alpha value is -3.35. The number of carbonyl (C=O) groups excluding carboxylic acids is 2. The second kappa shape index (κ2) is 8.33. The van der Waals surface area contributed by atoms with Crippen molar-refractivity contribution in [1.82, 2.24) is 10.3 Å². The van der Waals surface area contributed by atoms with Gasteiger partial charge in [-0.05, 0) is 30.3 Å². The second-order valence-corrected chi connectivity index (χ2v) is 4.74. The summed E-state index contributed by atoms with van der Waals surface area (Å²) in [7, 11) is 1.51. The highest BCUT2D eigenvalue weighted by Crippen LogP contribution is 2.15. The highest BCUT2D eigenvalue weighted by atomic mass is 16.5. The number of amides is 3. The van der Waals surface area contributed by atoms with Crippen LogP contribution in [0.1, 0.15) is 10.4 Å². The molecule has 7 heteroatoms. The van der Waals surface area contributed by atoms with E-state index in [0.29, 0.717) is 29.4 Å². The molecular weight excluding hydrogens is 308 g/mol. The summed E-state index contributed by atoms with van der Waals surface area (Å²) in [5, 5.41) is 8.02. The highest BCUT2D eigenvalue weighted by Gasteiger charge is 2.07. The van der Waals surface area contributed by atoms with Crippen molar-refractivity contribution in [3.05, 3.63) is 60.8 Å². The van der Waals surface area contributed by atoms with Crippen LogP contribution in [-0.2, 0) is 0 Å². The number of carbonyl (C=O) groups is 2. The molecule has 0 saturated carbocycles. The molecule has 0 atom stereocenters. The molecule has 2 rings (SSSR count). The Morgan fingerprint density at radius 2 is 1.79 bits per heavy atom. The molecule has 1 heterocycles. The predicted molar refractivity (Wildman–Crippen MR) is 92.4 cm³/mol. The number of aromatic nitrogens is 1. The van der Waals surface area contributed by atoms with E-state index in [0.717, 1.165) is 0 Å². The number of anilines is 2. The lowest BCUT2D eigenvalue weighted by molar-refractivity contribution is 0.102. The van der Waals surface area contributed by atoms with Crippen molar-refractivity contribution >= 4 is 23.3 Å². The van der Waals surface area contributed by atoms with E-state index in [1.54, 1.807) is 42.5 Å². The maximum absolute atomic E-state index is 12.1. The number of hydrogen-bond donors (Lipinski definition) is 3. The molecule has 1 aromatic heterocycles. The summed E-state index contributed by atoms with van der Waals surface area (Å²) in [4.78, 5) is 27.6. The molecule has 0 bridgehead atoms. The molecule has 0 aliphatic rings. The number of nitrogens with one attached hydrogen (secondary N) is 3. The third-order valence-electron chi connectivity index (χ3n) is 3.02. The molecule has 2 aromatic rings. The Balaban J connectivity index is 1.94. The minimum atomic E-state index is -0.323. The third kappa shape index (κ3) is 4.84. The van der Waals surface area contributed by atoms with E-state index < -0.39 is 0 Å². The van der Waals surface area contributed by atoms with Crippen LogP contribution >= 0.6 is 0 Å². The lowest BCUT2D eigenvalue weighted by Gasteiger charge is -2.08. The van der Waals surface area contributed by atoms with E-state index in [1.165, 1.54) is 13.3 Å². The molecule has 3 amide bonds. The monoisotopic (exact) mass is 326 g/mol. The molecule has 3 N–H and O–H groups in total. The average Bonchev–Trinajstić information content (AvgIpc) is 2.61. The van der Waals surface area contributed by atoms with Crippen LogP contribution in [0.2, 0.25) is 0 Å². The van der Waals surface area contributed by atoms with Gasteiger partial charge in [0, 0.05) is 30.2 Å². The first-order valence-corrected chi connectivity index (χ1v) is 7.19. The van der Waals surface area contributed by atoms with Crippen molar-refractivity contribution in [3.8, 4) is 5.88 Å². The molecular formula is C17H18N4O3. The average molecular weight is 326 g/mol. The molecule has 0 fully saturated rings. The van der Waals surface area contributed by atoms with Crippen LogP contribution in [0.4, 0.5) is 16.2 Å². The zero-order chi connectivity index (χ0) is 17.4. The Kier molecular flexibility index (Phi) is 5.90. The number of hydrogen-bond acceptors (Lipinski definition) is 4. The van der Waals surface area contributed by atoms with Crippen LogP contribution in [0.15, 0.2) is 55.3 Å². The maximum atomic E-state index is 12.1. The fraction of sp³-hybridized carbons (Fsp3) is 0.118. The lowest BCUT2D eigenvalue weighted by atomic mass is 10.2. The highest BCUT2D eigenvalue weighted by molar-refractivity contribution is 6.04. The van der Waals surface area contributed by atoms with E-state index in [4.69, 9.17) is 4.74 Å². The second-order valence-electron chi connectivity index (χ2n) is 4.74. The predicted octanol–water partition coefficient (Wildman–Crippen LogP) is 2.65. The van der Waals surface area contributed by atoms with Crippen LogP contribution in [-0.4, -0.2) is 30.6 Å². The van der Waals surface area contributed by atoms with Crippen LogP contribution < -0.4 is 20.7 Å². The lowest BCUT2D eigenvalue weighted by Crippen LogP contribution is -2.28. The van der Waals surface area contributed by atoms with E-state index in [2.05, 4.69) is 27.5 Å². The SMILES string of the molecule is C=CCNC(=O)Nc1ccc(NC(=O)c2ccc(OC)nc2)cc1. The van der Waals surface area contributed by atoms with Gasteiger partial charge < -0.3 is 20.7 Å². The summed E-state index contributed by atoms with van der Waals surface area (Å²) in [6.45, 7) is 3.90. The van der Waals surface area contributed by atoms with Crippen molar-refractivity contribution in [3.63, 3.8) is 0 Å². The Bertz CT molecular complexity index is 712. The summed E-state index contributed by atoms with van der Waals surface area (Å²) in [5.41, 5.74) is 1.63. The van der Waals surface area contributed by atoms with Gasteiger partial charge in [0.1, 0.15) is 0 Å². The van der Waals surface area contributed by atoms with Gasteiger partial charge in [-0.2, -0.15) is 0 Å². The molecule has 0 saturated heterocycles. The van der Waals surface area contributed by atoms with Gasteiger partial charge >= 0.3 is 6.03 Å². The molecule has 0 unspecified atom stereocenters. The summed E-state index contributed by atoms with van der Waals surface area (Å²) in [6.07, 6.45) is 3.03. The van der Waals surface area contributed by atoms with Crippen molar-refractivity contribution in [1.29, 1.82) is 0 Å². The normalized spacial score (nSPS) is 9.71. The van der Waals surface area contributed by atoms with Crippen molar-refractivity contribution in [2.75, 3.05) is 24.3 Å². The first kappa shape index (κ1) is 17.0. The number of pyridine rings is 1. The van der Waals surface area contributed by atoms with Gasteiger partial charge in [-0.3, -0.25) is 4.79 Å². The minimum Gasteiger partial charge on any atom is -0.481 e. The topological polar surface area (TPSA) is 92.4 Å². The van der Waals surface area contributed by atoms with Crippen LogP contribution in [0.25, 0.3) is 0 Å². The Labute approximate surface area is 139 Å². The quantitative estimate of drug-likeness (QED) is 0.712. The van der Waals surface area contributed by atoms with Gasteiger partial charge in [-0.15, -0.1) is 6.58 Å². The molecule has 0 aliphatic heterocycles. The number of ether oxygens (including phenoxy) is 1. The maximum Gasteiger partial charge on any atom is 0.319 e. The van der Waals surface area contributed by atoms with Gasteiger partial charge in [0.05, 0.1) is 12.7 Å². The van der Waals surface area contributed by atoms with E-state index in [1.807, 2.05) is 0 Å². The summed E-state index contributed by atoms with van der Waals surface area (Å²) in [5.74, 6) is 0.159. The number of benzene rings is 1. The molecule has 0 spiro atoms.